The normalized spacial score (nSPS) is 15.5. The Kier molecular flexibility index (Phi) is 15.0. The Bertz CT molecular complexity index is 3740. The largest absolute Gasteiger partial charge is 0.497 e. The fraction of sp³-hybridized carbons (Fsp3) is 0.108. The van der Waals surface area contributed by atoms with Gasteiger partial charge in [0.1, 0.15) is 51.9 Å². The van der Waals surface area contributed by atoms with Crippen LogP contribution in [0.25, 0.3) is 10.9 Å². The SMILES string of the molecule is COc1ccc(COC(=O)C2=C(C=Cc3csc4cncn34)CS[C@@H]3[C@H](NC(=O)/C(=N\OC(c4ccccc4)(c4ccccc4)c4ccccc4)c4csc(NC(c5ccccc5)(c5ccccc5)c5ccccc5)n4)C(=O)N23)cc1. The monoisotopic (exact) mass is 1120 g/mol. The van der Waals surface area contributed by atoms with E-state index in [9.17, 15) is 9.59 Å². The first-order valence-electron chi connectivity index (χ1n) is 26.0. The van der Waals surface area contributed by atoms with E-state index < -0.39 is 40.3 Å². The summed E-state index contributed by atoms with van der Waals surface area (Å²) in [6, 6.07) is 65.8. The number of oxime groups is 1. The number of imidazole rings is 1. The summed E-state index contributed by atoms with van der Waals surface area (Å²) in [5.41, 5.74) is 5.13. The quantitative estimate of drug-likeness (QED) is 0.0263. The van der Waals surface area contributed by atoms with Crippen molar-refractivity contribution in [3.05, 3.63) is 297 Å². The van der Waals surface area contributed by atoms with Gasteiger partial charge in [0.05, 0.1) is 19.0 Å². The number of methoxy groups -OCH3 is 1. The molecule has 1 fully saturated rings. The minimum atomic E-state index is -1.37. The smallest absolute Gasteiger partial charge is 0.355 e. The Morgan fingerprint density at radius 1 is 0.691 bits per heavy atom. The molecule has 1 saturated heterocycles. The van der Waals surface area contributed by atoms with Gasteiger partial charge in [-0.2, -0.15) is 0 Å². The molecule has 0 saturated carbocycles. The highest BCUT2D eigenvalue weighted by Gasteiger charge is 2.55. The van der Waals surface area contributed by atoms with Crippen LogP contribution in [0.3, 0.4) is 0 Å². The minimum absolute atomic E-state index is 0.0482. The Morgan fingerprint density at radius 2 is 1.23 bits per heavy atom. The van der Waals surface area contributed by atoms with Crippen LogP contribution in [0.1, 0.15) is 50.3 Å². The van der Waals surface area contributed by atoms with E-state index in [1.807, 2.05) is 180 Å². The summed E-state index contributed by atoms with van der Waals surface area (Å²) < 4.78 is 13.2. The predicted molar refractivity (Wildman–Crippen MR) is 319 cm³/mol. The number of amides is 2. The Hall–Kier alpha value is -9.35. The van der Waals surface area contributed by atoms with Crippen LogP contribution < -0.4 is 15.4 Å². The zero-order chi connectivity index (χ0) is 55.2. The minimum Gasteiger partial charge on any atom is -0.497 e. The lowest BCUT2D eigenvalue weighted by molar-refractivity contribution is -0.153. The highest BCUT2D eigenvalue weighted by atomic mass is 32.2. The second-order valence-corrected chi connectivity index (χ2v) is 21.9. The molecule has 2 aliphatic heterocycles. The lowest BCUT2D eigenvalue weighted by atomic mass is 9.77. The molecule has 0 bridgehead atoms. The average Bonchev–Trinajstić information content (AvgIpc) is 4.37. The van der Waals surface area contributed by atoms with Crippen LogP contribution in [-0.4, -0.2) is 67.0 Å². The van der Waals surface area contributed by atoms with Gasteiger partial charge in [0.25, 0.3) is 11.8 Å². The standard InChI is InChI=1S/C65H51N7O6S3/c1-76-53-36-32-44(33-37-53)39-77-62(75)58-45(34-35-52-41-79-55-38-66-43-71(52)55)40-80-61-57(60(74)72(58)61)68-59(73)56(70-78-65(49-26-14-5-15-27-49,50-28-16-6-17-29-50)51-30-18-7-19-31-51)54-42-81-63(67-54)69-64(46-20-8-2-9-21-46,47-22-10-3-11-23-47)48-24-12-4-13-25-48/h2-38,41-43,57,61H,39-40H2,1H3,(H,67,69)(H,68,73)/b35-34?,70-56-/t57-,61-/m1/s1. The molecule has 3 aromatic heterocycles. The molecule has 0 aliphatic carbocycles. The van der Waals surface area contributed by atoms with Gasteiger partial charge in [-0.1, -0.05) is 205 Å². The van der Waals surface area contributed by atoms with E-state index in [2.05, 4.69) is 52.0 Å². The molecular weight excluding hydrogens is 1070 g/mol. The second-order valence-electron chi connectivity index (χ2n) is 19.1. The molecule has 16 heteroatoms. The molecule has 81 heavy (non-hydrogen) atoms. The van der Waals surface area contributed by atoms with Gasteiger partial charge in [0.15, 0.2) is 10.8 Å². The van der Waals surface area contributed by atoms with E-state index in [0.717, 1.165) is 49.5 Å². The molecule has 2 atom stereocenters. The highest BCUT2D eigenvalue weighted by Crippen LogP contribution is 2.44. The van der Waals surface area contributed by atoms with Gasteiger partial charge in [-0.15, -0.1) is 34.4 Å². The van der Waals surface area contributed by atoms with Gasteiger partial charge < -0.3 is 24.9 Å². The third-order valence-corrected chi connectivity index (χ3v) is 17.3. The number of thiazole rings is 2. The molecule has 10 aromatic rings. The summed E-state index contributed by atoms with van der Waals surface area (Å²) >= 11 is 4.27. The van der Waals surface area contributed by atoms with Gasteiger partial charge >= 0.3 is 5.97 Å². The number of esters is 1. The number of carbonyl (C=O) groups is 3. The van der Waals surface area contributed by atoms with Crippen molar-refractivity contribution in [2.45, 2.75) is 29.2 Å². The van der Waals surface area contributed by atoms with E-state index in [0.29, 0.717) is 22.2 Å². The van der Waals surface area contributed by atoms with Crippen molar-refractivity contribution in [1.29, 1.82) is 0 Å². The average molecular weight is 1120 g/mol. The lowest BCUT2D eigenvalue weighted by Gasteiger charge is -2.49. The van der Waals surface area contributed by atoms with Crippen molar-refractivity contribution in [2.24, 2.45) is 5.16 Å². The Labute approximate surface area is 479 Å². The molecule has 0 radical (unpaired) electrons. The summed E-state index contributed by atoms with van der Waals surface area (Å²) in [6.07, 6.45) is 7.24. The van der Waals surface area contributed by atoms with Crippen molar-refractivity contribution in [2.75, 3.05) is 18.2 Å². The maximum atomic E-state index is 15.5. The molecule has 7 aromatic carbocycles. The summed E-state index contributed by atoms with van der Waals surface area (Å²) in [7, 11) is 1.58. The number of benzene rings is 7. The number of carbonyl (C=O) groups excluding carboxylic acids is 3. The van der Waals surface area contributed by atoms with Crippen LogP contribution in [0.2, 0.25) is 0 Å². The number of nitrogens with zero attached hydrogens (tertiary/aromatic N) is 5. The van der Waals surface area contributed by atoms with Gasteiger partial charge in [-0.3, -0.25) is 18.9 Å². The topological polar surface area (TPSA) is 149 Å². The number of anilines is 1. The van der Waals surface area contributed by atoms with Crippen LogP contribution >= 0.6 is 34.4 Å². The number of allylic oxidation sites excluding steroid dienone is 1. The van der Waals surface area contributed by atoms with Gasteiger partial charge in [-0.25, -0.2) is 14.8 Å². The maximum absolute atomic E-state index is 15.5. The first kappa shape index (κ1) is 52.4. The van der Waals surface area contributed by atoms with Crippen LogP contribution in [0, 0.1) is 0 Å². The maximum Gasteiger partial charge on any atom is 0.355 e. The van der Waals surface area contributed by atoms with E-state index in [4.69, 9.17) is 24.5 Å². The molecule has 2 aliphatic rings. The number of fused-ring (bicyclic) bond motifs is 2. The first-order valence-corrected chi connectivity index (χ1v) is 28.8. The molecule has 0 spiro atoms. The number of ether oxygens (including phenoxy) is 2. The molecule has 13 nitrogen and oxygen atoms in total. The number of thioether (sulfide) groups is 1. The van der Waals surface area contributed by atoms with Crippen molar-refractivity contribution in [3.63, 3.8) is 0 Å². The van der Waals surface area contributed by atoms with Gasteiger partial charge in [-0.05, 0) is 46.0 Å². The third kappa shape index (κ3) is 10.2. The first-order chi connectivity index (χ1) is 39.8. The van der Waals surface area contributed by atoms with Crippen molar-refractivity contribution >= 4 is 74.0 Å². The second kappa shape index (κ2) is 23.2. The molecule has 12 rings (SSSR count). The number of rotatable bonds is 19. The number of aromatic nitrogens is 3. The fourth-order valence-corrected chi connectivity index (χ4v) is 13.2. The predicted octanol–water partition coefficient (Wildman–Crippen LogP) is 12.1. The zero-order valence-corrected chi connectivity index (χ0v) is 46.0. The number of β-lactam (4-membered cyclic amide) rings is 1. The lowest BCUT2D eigenvalue weighted by Crippen LogP contribution is -2.71. The van der Waals surface area contributed by atoms with Crippen molar-refractivity contribution in [3.8, 4) is 5.75 Å². The number of hydrogen-bond acceptors (Lipinski definition) is 13. The summed E-state index contributed by atoms with van der Waals surface area (Å²) in [4.78, 5) is 63.5. The Balaban J connectivity index is 0.927. The number of hydrogen-bond donors (Lipinski definition) is 2. The van der Waals surface area contributed by atoms with Gasteiger partial charge in [0, 0.05) is 33.2 Å². The van der Waals surface area contributed by atoms with Crippen LogP contribution in [0.15, 0.2) is 252 Å². The van der Waals surface area contributed by atoms with E-state index in [-0.39, 0.29) is 23.7 Å². The van der Waals surface area contributed by atoms with E-state index in [1.54, 1.807) is 37.1 Å². The summed E-state index contributed by atoms with van der Waals surface area (Å²) in [5.74, 6) is -0.901. The number of nitrogens with one attached hydrogen (secondary N) is 2. The molecule has 400 valence electrons. The summed E-state index contributed by atoms with van der Waals surface area (Å²) in [5, 5.41) is 15.3. The van der Waals surface area contributed by atoms with E-state index >= 15 is 4.79 Å². The zero-order valence-electron chi connectivity index (χ0n) is 43.6. The molecule has 5 heterocycles. The van der Waals surface area contributed by atoms with Crippen molar-refractivity contribution < 1.29 is 28.7 Å². The molecule has 2 N–H and O–H groups in total. The fourth-order valence-electron chi connectivity index (χ4n) is 10.3. The van der Waals surface area contributed by atoms with E-state index in [1.165, 1.54) is 39.3 Å². The Morgan fingerprint density at radius 3 is 1.78 bits per heavy atom. The molecular formula is C65H51N7O6S3. The van der Waals surface area contributed by atoms with Crippen LogP contribution in [-0.2, 0) is 41.7 Å². The summed E-state index contributed by atoms with van der Waals surface area (Å²) in [6.45, 7) is -0.0482. The van der Waals surface area contributed by atoms with Crippen molar-refractivity contribution in [1.82, 2.24) is 24.6 Å². The van der Waals surface area contributed by atoms with Crippen LogP contribution in [0.4, 0.5) is 5.13 Å². The third-order valence-electron chi connectivity index (χ3n) is 14.3. The highest BCUT2D eigenvalue weighted by molar-refractivity contribution is 8.00. The van der Waals surface area contributed by atoms with Gasteiger partial charge in [0.2, 0.25) is 5.60 Å². The molecule has 0 unspecified atom stereocenters. The van der Waals surface area contributed by atoms with Crippen LogP contribution in [0.5, 0.6) is 5.75 Å². The molecule has 2 amide bonds.